The summed E-state index contributed by atoms with van der Waals surface area (Å²) in [5.41, 5.74) is 3.89. The van der Waals surface area contributed by atoms with Crippen molar-refractivity contribution in [2.45, 2.75) is 44.8 Å². The Morgan fingerprint density at radius 3 is 2.61 bits per heavy atom. The third-order valence-corrected chi connectivity index (χ3v) is 7.04. The van der Waals surface area contributed by atoms with Crippen LogP contribution in [-0.4, -0.2) is 26.4 Å². The second-order valence-electron chi connectivity index (χ2n) is 7.92. The first-order valence-electron chi connectivity index (χ1n) is 10.8. The summed E-state index contributed by atoms with van der Waals surface area (Å²) in [6.45, 7) is 6.03. The zero-order valence-electron chi connectivity index (χ0n) is 18.7. The molecule has 0 saturated carbocycles. The Hall–Kier alpha value is -2.48. The molecule has 0 saturated heterocycles. The van der Waals surface area contributed by atoms with Crippen molar-refractivity contribution in [1.29, 1.82) is 0 Å². The summed E-state index contributed by atoms with van der Waals surface area (Å²) in [7, 11) is 0. The Labute approximate surface area is 207 Å². The Bertz CT molecular complexity index is 1210. The van der Waals surface area contributed by atoms with Gasteiger partial charge in [0.05, 0.1) is 15.6 Å². The van der Waals surface area contributed by atoms with E-state index in [4.69, 9.17) is 28.3 Å². The smallest absolute Gasteiger partial charge is 0.255 e. The number of aromatic nitrogens is 3. The van der Waals surface area contributed by atoms with E-state index in [1.165, 1.54) is 0 Å². The van der Waals surface area contributed by atoms with Gasteiger partial charge in [0, 0.05) is 17.1 Å². The van der Waals surface area contributed by atoms with E-state index in [9.17, 15) is 4.79 Å². The molecule has 1 amide bonds. The van der Waals surface area contributed by atoms with Gasteiger partial charge in [0.25, 0.3) is 5.91 Å². The van der Waals surface area contributed by atoms with Crippen molar-refractivity contribution in [3.63, 3.8) is 0 Å². The minimum atomic E-state index is -0.505. The molecule has 0 spiro atoms. The third-order valence-electron chi connectivity index (χ3n) is 5.38. The minimum Gasteiger partial charge on any atom is -0.328 e. The van der Waals surface area contributed by atoms with Crippen LogP contribution in [-0.2, 0) is 4.79 Å². The van der Waals surface area contributed by atoms with E-state index < -0.39 is 6.04 Å². The Morgan fingerprint density at radius 1 is 1.15 bits per heavy atom. The molecule has 1 aliphatic heterocycles. The second-order valence-corrected chi connectivity index (χ2v) is 9.80. The normalized spacial score (nSPS) is 15.2. The van der Waals surface area contributed by atoms with Gasteiger partial charge in [-0.25, -0.2) is 4.68 Å². The number of hydrogen-bond acceptors (Lipinski definition) is 5. The number of nitrogens with one attached hydrogen (secondary N) is 2. The summed E-state index contributed by atoms with van der Waals surface area (Å²) in [6, 6.07) is 12.6. The predicted octanol–water partition coefficient (Wildman–Crippen LogP) is 6.71. The summed E-state index contributed by atoms with van der Waals surface area (Å²) in [4.78, 5) is 18.1. The summed E-state index contributed by atoms with van der Waals surface area (Å²) in [5, 5.41) is 12.5. The average molecular weight is 502 g/mol. The lowest BCUT2D eigenvalue weighted by atomic mass is 9.95. The fourth-order valence-corrected chi connectivity index (χ4v) is 4.84. The molecule has 3 aromatic rings. The molecule has 1 aliphatic rings. The number of aryl methyl sites for hydroxylation is 1. The van der Waals surface area contributed by atoms with Crippen LogP contribution in [0.1, 0.15) is 43.9 Å². The van der Waals surface area contributed by atoms with E-state index in [2.05, 4.69) is 22.5 Å². The number of carbonyl (C=O) groups excluding carboxylic acids is 1. The Morgan fingerprint density at radius 2 is 1.91 bits per heavy atom. The van der Waals surface area contributed by atoms with Crippen LogP contribution in [0.3, 0.4) is 0 Å². The number of unbranched alkanes of at least 4 members (excludes halogenated alkanes) is 1. The summed E-state index contributed by atoms with van der Waals surface area (Å²) < 4.78 is 1.75. The molecule has 1 aromatic heterocycles. The van der Waals surface area contributed by atoms with Crippen molar-refractivity contribution in [3.8, 4) is 0 Å². The lowest BCUT2D eigenvalue weighted by molar-refractivity contribution is -0.113. The first-order chi connectivity index (χ1) is 15.9. The molecule has 172 valence electrons. The van der Waals surface area contributed by atoms with Gasteiger partial charge in [-0.3, -0.25) is 4.79 Å². The highest BCUT2D eigenvalue weighted by atomic mass is 35.5. The molecule has 2 N–H and O–H groups in total. The molecule has 33 heavy (non-hydrogen) atoms. The zero-order valence-corrected chi connectivity index (χ0v) is 21.0. The number of allylic oxidation sites excluding steroid dienone is 1. The van der Waals surface area contributed by atoms with Crippen molar-refractivity contribution >= 4 is 52.5 Å². The number of nitrogens with zero attached hydrogens (tertiary/aromatic N) is 3. The highest BCUT2D eigenvalue weighted by Gasteiger charge is 2.34. The zero-order chi connectivity index (χ0) is 23.5. The SMILES string of the molecule is CCCCSc1nc2n(n1)C(c1ccc(Cl)c(Cl)c1)C(C(=O)Nc1ccc(C)cc1)=C(C)N2. The van der Waals surface area contributed by atoms with Crippen LogP contribution in [0.25, 0.3) is 0 Å². The molecular formula is C24H25Cl2N5OS. The molecule has 6 nitrogen and oxygen atoms in total. The average Bonchev–Trinajstić information content (AvgIpc) is 3.18. The highest BCUT2D eigenvalue weighted by Crippen LogP contribution is 2.38. The number of halogens is 2. The predicted molar refractivity (Wildman–Crippen MR) is 136 cm³/mol. The molecular weight excluding hydrogens is 477 g/mol. The number of fused-ring (bicyclic) bond motifs is 1. The van der Waals surface area contributed by atoms with E-state index in [0.717, 1.165) is 35.4 Å². The first-order valence-corrected chi connectivity index (χ1v) is 12.5. The summed E-state index contributed by atoms with van der Waals surface area (Å²) in [5.74, 6) is 1.31. The largest absolute Gasteiger partial charge is 0.328 e. The maximum atomic E-state index is 13.5. The van der Waals surface area contributed by atoms with Gasteiger partial charge in [0.1, 0.15) is 6.04 Å². The molecule has 2 aromatic carbocycles. The van der Waals surface area contributed by atoms with E-state index in [0.29, 0.717) is 32.4 Å². The molecule has 0 radical (unpaired) electrons. The van der Waals surface area contributed by atoms with Crippen LogP contribution in [0.5, 0.6) is 0 Å². The number of amides is 1. The number of anilines is 2. The van der Waals surface area contributed by atoms with Crippen LogP contribution in [0.15, 0.2) is 58.9 Å². The Balaban J connectivity index is 1.74. The van der Waals surface area contributed by atoms with Crippen LogP contribution in [0.2, 0.25) is 10.0 Å². The van der Waals surface area contributed by atoms with Gasteiger partial charge in [-0.05, 0) is 50.1 Å². The fourth-order valence-electron chi connectivity index (χ4n) is 3.62. The van der Waals surface area contributed by atoms with Gasteiger partial charge in [0.2, 0.25) is 11.1 Å². The first kappa shape index (κ1) is 23.7. The van der Waals surface area contributed by atoms with E-state index >= 15 is 0 Å². The fraction of sp³-hybridized carbons (Fsp3) is 0.292. The van der Waals surface area contributed by atoms with Crippen molar-refractivity contribution in [2.24, 2.45) is 0 Å². The maximum Gasteiger partial charge on any atom is 0.255 e. The maximum absolute atomic E-state index is 13.5. The quantitative estimate of drug-likeness (QED) is 0.278. The van der Waals surface area contributed by atoms with Gasteiger partial charge in [-0.15, -0.1) is 5.10 Å². The topological polar surface area (TPSA) is 71.8 Å². The molecule has 0 fully saturated rings. The number of benzene rings is 2. The molecule has 2 heterocycles. The van der Waals surface area contributed by atoms with Gasteiger partial charge in [-0.1, -0.05) is 72.1 Å². The molecule has 4 rings (SSSR count). The monoisotopic (exact) mass is 501 g/mol. The minimum absolute atomic E-state index is 0.221. The van der Waals surface area contributed by atoms with Crippen molar-refractivity contribution in [1.82, 2.24) is 14.8 Å². The van der Waals surface area contributed by atoms with Crippen LogP contribution in [0, 0.1) is 6.92 Å². The summed E-state index contributed by atoms with van der Waals surface area (Å²) in [6.07, 6.45) is 2.19. The standard InChI is InChI=1S/C24H25Cl2N5OS/c1-4-5-12-33-24-29-23-27-15(3)20(22(32)28-17-9-6-14(2)7-10-17)21(31(23)30-24)16-8-11-18(25)19(26)13-16/h6-11,13,21H,4-5,12H2,1-3H3,(H,28,32)(H,27,29,30). The highest BCUT2D eigenvalue weighted by molar-refractivity contribution is 7.99. The third kappa shape index (κ3) is 5.21. The van der Waals surface area contributed by atoms with E-state index in [-0.39, 0.29) is 5.91 Å². The van der Waals surface area contributed by atoms with Gasteiger partial charge >= 0.3 is 0 Å². The van der Waals surface area contributed by atoms with Gasteiger partial charge in [-0.2, -0.15) is 4.98 Å². The van der Waals surface area contributed by atoms with Crippen molar-refractivity contribution in [3.05, 3.63) is 74.9 Å². The van der Waals surface area contributed by atoms with Gasteiger partial charge in [0.15, 0.2) is 0 Å². The van der Waals surface area contributed by atoms with Crippen molar-refractivity contribution in [2.75, 3.05) is 16.4 Å². The number of rotatable bonds is 7. The lowest BCUT2D eigenvalue weighted by Crippen LogP contribution is -2.31. The van der Waals surface area contributed by atoms with E-state index in [1.807, 2.05) is 44.2 Å². The van der Waals surface area contributed by atoms with Gasteiger partial charge < -0.3 is 10.6 Å². The van der Waals surface area contributed by atoms with Crippen LogP contribution >= 0.6 is 35.0 Å². The van der Waals surface area contributed by atoms with Crippen LogP contribution < -0.4 is 10.6 Å². The van der Waals surface area contributed by atoms with Crippen molar-refractivity contribution < 1.29 is 4.79 Å². The molecule has 1 atom stereocenters. The second kappa shape index (κ2) is 10.2. The molecule has 1 unspecified atom stereocenters. The number of carbonyl (C=O) groups is 1. The van der Waals surface area contributed by atoms with Crippen LogP contribution in [0.4, 0.5) is 11.6 Å². The number of thioether (sulfide) groups is 1. The lowest BCUT2D eigenvalue weighted by Gasteiger charge is -2.28. The number of hydrogen-bond donors (Lipinski definition) is 2. The molecule has 9 heteroatoms. The molecule has 0 bridgehead atoms. The summed E-state index contributed by atoms with van der Waals surface area (Å²) >= 11 is 14.1. The van der Waals surface area contributed by atoms with E-state index in [1.54, 1.807) is 28.6 Å². The Kier molecular flexibility index (Phi) is 7.32. The molecule has 0 aliphatic carbocycles.